The van der Waals surface area contributed by atoms with E-state index in [0.29, 0.717) is 35.0 Å². The molecule has 0 spiro atoms. The van der Waals surface area contributed by atoms with Gasteiger partial charge in [-0.25, -0.2) is 4.79 Å². The Morgan fingerprint density at radius 2 is 1.90 bits per heavy atom. The van der Waals surface area contributed by atoms with E-state index >= 15 is 0 Å². The average molecular weight is 280 g/mol. The van der Waals surface area contributed by atoms with Crippen LogP contribution in [0.3, 0.4) is 0 Å². The number of aryl methyl sites for hydroxylation is 1. The van der Waals surface area contributed by atoms with E-state index in [4.69, 9.17) is 4.74 Å². The summed E-state index contributed by atoms with van der Waals surface area (Å²) in [6.45, 7) is 8.47. The third-order valence-electron chi connectivity index (χ3n) is 3.43. The first-order chi connectivity index (χ1) is 9.29. The maximum absolute atomic E-state index is 12.4. The van der Waals surface area contributed by atoms with Gasteiger partial charge in [-0.15, -0.1) is 0 Å². The van der Waals surface area contributed by atoms with Crippen LogP contribution in [0.4, 0.5) is 0 Å². The van der Waals surface area contributed by atoms with Gasteiger partial charge in [0, 0.05) is 19.3 Å². The number of methoxy groups -OCH3 is 1. The molecule has 1 amide bonds. The van der Waals surface area contributed by atoms with Gasteiger partial charge in [0.1, 0.15) is 5.69 Å². The van der Waals surface area contributed by atoms with Crippen LogP contribution < -0.4 is 0 Å². The Morgan fingerprint density at radius 3 is 2.40 bits per heavy atom. The molecule has 5 nitrogen and oxygen atoms in total. The van der Waals surface area contributed by atoms with Crippen LogP contribution in [0.15, 0.2) is 0 Å². The van der Waals surface area contributed by atoms with Crippen LogP contribution in [-0.2, 0) is 4.74 Å². The van der Waals surface area contributed by atoms with E-state index in [1.807, 2.05) is 0 Å². The lowest BCUT2D eigenvalue weighted by molar-refractivity contribution is 0.0599. The molecule has 112 valence electrons. The quantitative estimate of drug-likeness (QED) is 0.843. The molecule has 0 fully saturated rings. The first-order valence-electron chi connectivity index (χ1n) is 6.82. The summed E-state index contributed by atoms with van der Waals surface area (Å²) in [6.07, 6.45) is 0.949. The number of carbonyl (C=O) groups excluding carboxylic acids is 2. The Labute approximate surface area is 120 Å². The summed E-state index contributed by atoms with van der Waals surface area (Å²) in [5.74, 6) is 0.0314. The molecule has 20 heavy (non-hydrogen) atoms. The van der Waals surface area contributed by atoms with Crippen LogP contribution in [0.2, 0.25) is 0 Å². The molecule has 0 aromatic carbocycles. The predicted octanol–water partition coefficient (Wildman–Crippen LogP) is 2.54. The first kappa shape index (κ1) is 16.3. The molecule has 1 rings (SSSR count). The van der Waals surface area contributed by atoms with Crippen LogP contribution in [0.5, 0.6) is 0 Å². The lowest BCUT2D eigenvalue weighted by Crippen LogP contribution is -2.29. The van der Waals surface area contributed by atoms with Crippen molar-refractivity contribution in [3.63, 3.8) is 0 Å². The molecule has 0 saturated heterocycles. The summed E-state index contributed by atoms with van der Waals surface area (Å²) in [5.41, 5.74) is 2.23. The summed E-state index contributed by atoms with van der Waals surface area (Å²) in [7, 11) is 3.11. The number of aromatic nitrogens is 1. The minimum absolute atomic E-state index is 0.0959. The van der Waals surface area contributed by atoms with Crippen molar-refractivity contribution in [3.05, 3.63) is 22.5 Å². The maximum Gasteiger partial charge on any atom is 0.339 e. The van der Waals surface area contributed by atoms with Gasteiger partial charge in [-0.2, -0.15) is 0 Å². The molecule has 0 aliphatic rings. The van der Waals surface area contributed by atoms with Crippen LogP contribution in [0, 0.1) is 19.8 Å². The van der Waals surface area contributed by atoms with E-state index < -0.39 is 5.97 Å². The largest absolute Gasteiger partial charge is 0.465 e. The molecule has 0 atom stereocenters. The minimum Gasteiger partial charge on any atom is -0.465 e. The number of H-pyrrole nitrogens is 1. The molecular weight excluding hydrogens is 256 g/mol. The van der Waals surface area contributed by atoms with Gasteiger partial charge in [0.05, 0.1) is 12.7 Å². The fraction of sp³-hybridized carbons (Fsp3) is 0.600. The Balaban J connectivity index is 2.97. The van der Waals surface area contributed by atoms with Crippen molar-refractivity contribution in [3.8, 4) is 0 Å². The van der Waals surface area contributed by atoms with Gasteiger partial charge in [-0.1, -0.05) is 13.8 Å². The van der Waals surface area contributed by atoms with E-state index in [1.54, 1.807) is 25.8 Å². The molecule has 0 aliphatic carbocycles. The second-order valence-corrected chi connectivity index (χ2v) is 5.53. The Bertz CT molecular complexity index is 503. The van der Waals surface area contributed by atoms with Gasteiger partial charge in [-0.05, 0) is 31.7 Å². The number of amides is 1. The molecule has 0 bridgehead atoms. The van der Waals surface area contributed by atoms with Crippen molar-refractivity contribution < 1.29 is 14.3 Å². The topological polar surface area (TPSA) is 62.4 Å². The molecule has 0 aliphatic heterocycles. The Kier molecular flexibility index (Phi) is 5.36. The summed E-state index contributed by atoms with van der Waals surface area (Å²) in [5, 5.41) is 0. The van der Waals surface area contributed by atoms with Crippen LogP contribution in [-0.4, -0.2) is 42.5 Å². The van der Waals surface area contributed by atoms with Crippen molar-refractivity contribution in [2.45, 2.75) is 34.1 Å². The lowest BCUT2D eigenvalue weighted by Gasteiger charge is -2.18. The summed E-state index contributed by atoms with van der Waals surface area (Å²) < 4.78 is 4.75. The summed E-state index contributed by atoms with van der Waals surface area (Å²) in [4.78, 5) is 28.8. The van der Waals surface area contributed by atoms with Crippen LogP contribution >= 0.6 is 0 Å². The van der Waals surface area contributed by atoms with Crippen molar-refractivity contribution in [2.24, 2.45) is 5.92 Å². The zero-order valence-electron chi connectivity index (χ0n) is 13.2. The standard InChI is InChI=1S/C15H24N2O3/c1-9(2)7-8-17(5)14(18)13-10(3)12(11(4)16-13)15(19)20-6/h9,16H,7-8H2,1-6H3. The number of nitrogens with one attached hydrogen (secondary N) is 1. The number of ether oxygens (including phenoxy) is 1. The highest BCUT2D eigenvalue weighted by molar-refractivity contribution is 6.00. The number of esters is 1. The number of aromatic amines is 1. The fourth-order valence-corrected chi connectivity index (χ4v) is 2.12. The highest BCUT2D eigenvalue weighted by Crippen LogP contribution is 2.20. The lowest BCUT2D eigenvalue weighted by atomic mass is 10.1. The average Bonchev–Trinajstić information content (AvgIpc) is 2.69. The molecule has 5 heteroatoms. The van der Waals surface area contributed by atoms with Crippen molar-refractivity contribution >= 4 is 11.9 Å². The van der Waals surface area contributed by atoms with E-state index in [0.717, 1.165) is 6.42 Å². The molecule has 0 unspecified atom stereocenters. The highest BCUT2D eigenvalue weighted by Gasteiger charge is 2.24. The number of rotatable bonds is 5. The van der Waals surface area contributed by atoms with Crippen LogP contribution in [0.25, 0.3) is 0 Å². The number of hydrogen-bond acceptors (Lipinski definition) is 3. The van der Waals surface area contributed by atoms with Gasteiger partial charge in [0.25, 0.3) is 5.91 Å². The van der Waals surface area contributed by atoms with E-state index in [2.05, 4.69) is 18.8 Å². The maximum atomic E-state index is 12.4. The first-order valence-corrected chi connectivity index (χ1v) is 6.82. The third-order valence-corrected chi connectivity index (χ3v) is 3.43. The predicted molar refractivity (Wildman–Crippen MR) is 78.0 cm³/mol. The summed E-state index contributed by atoms with van der Waals surface area (Å²) >= 11 is 0. The van der Waals surface area contributed by atoms with Gasteiger partial charge < -0.3 is 14.6 Å². The van der Waals surface area contributed by atoms with Crippen LogP contribution in [0.1, 0.15) is 52.4 Å². The monoisotopic (exact) mass is 280 g/mol. The molecule has 1 heterocycles. The smallest absolute Gasteiger partial charge is 0.339 e. The molecule has 1 N–H and O–H groups in total. The Hall–Kier alpha value is -1.78. The van der Waals surface area contributed by atoms with Gasteiger partial charge in [0.2, 0.25) is 0 Å². The van der Waals surface area contributed by atoms with Crippen molar-refractivity contribution in [2.75, 3.05) is 20.7 Å². The van der Waals surface area contributed by atoms with E-state index in [1.165, 1.54) is 7.11 Å². The second kappa shape index (κ2) is 6.59. The SMILES string of the molecule is COC(=O)c1c(C)[nH]c(C(=O)N(C)CCC(C)C)c1C. The second-order valence-electron chi connectivity index (χ2n) is 5.53. The normalized spacial score (nSPS) is 10.8. The molecule has 1 aromatic heterocycles. The molecule has 0 radical (unpaired) electrons. The fourth-order valence-electron chi connectivity index (χ4n) is 2.12. The minimum atomic E-state index is -0.417. The molecular formula is C15H24N2O3. The van der Waals surface area contributed by atoms with E-state index in [9.17, 15) is 9.59 Å². The van der Waals surface area contributed by atoms with E-state index in [-0.39, 0.29) is 5.91 Å². The van der Waals surface area contributed by atoms with Gasteiger partial charge >= 0.3 is 5.97 Å². The molecule has 0 saturated carbocycles. The number of carbonyl (C=O) groups is 2. The molecule has 1 aromatic rings. The third kappa shape index (κ3) is 3.40. The van der Waals surface area contributed by atoms with Gasteiger partial charge in [-0.3, -0.25) is 4.79 Å². The summed E-state index contributed by atoms with van der Waals surface area (Å²) in [6, 6.07) is 0. The highest BCUT2D eigenvalue weighted by atomic mass is 16.5. The number of hydrogen-bond donors (Lipinski definition) is 1. The zero-order chi connectivity index (χ0) is 15.4. The van der Waals surface area contributed by atoms with Crippen molar-refractivity contribution in [1.29, 1.82) is 0 Å². The zero-order valence-corrected chi connectivity index (χ0v) is 13.2. The van der Waals surface area contributed by atoms with Crippen molar-refractivity contribution in [1.82, 2.24) is 9.88 Å². The Morgan fingerprint density at radius 1 is 1.30 bits per heavy atom. The van der Waals surface area contributed by atoms with Gasteiger partial charge in [0.15, 0.2) is 0 Å². The number of nitrogens with zero attached hydrogens (tertiary/aromatic N) is 1.